The molecule has 0 aliphatic rings. The van der Waals surface area contributed by atoms with Gasteiger partial charge in [-0.2, -0.15) is 0 Å². The zero-order chi connectivity index (χ0) is 16.4. The number of hydrogen-bond donors (Lipinski definition) is 2. The van der Waals surface area contributed by atoms with E-state index < -0.39 is 0 Å². The minimum atomic E-state index is -0.250. The fraction of sp³-hybridized carbons (Fsp3) is 0.500. The van der Waals surface area contributed by atoms with Gasteiger partial charge in [0, 0.05) is 26.7 Å². The number of nitrogens with zero attached hydrogens (tertiary/aromatic N) is 2. The second-order valence-electron chi connectivity index (χ2n) is 5.00. The second kappa shape index (κ2) is 12.1. The van der Waals surface area contributed by atoms with Gasteiger partial charge in [0.05, 0.1) is 0 Å². The largest absolute Gasteiger partial charge is 0.357 e. The maximum atomic E-state index is 12.9. The molecule has 0 bridgehead atoms. The SMILES string of the molecule is CCCNC(=O)CN=C(NCC)N(C)Cc1ccc(F)cc1.I. The van der Waals surface area contributed by atoms with Crippen LogP contribution in [-0.4, -0.2) is 43.4 Å². The van der Waals surface area contributed by atoms with E-state index in [1.165, 1.54) is 12.1 Å². The molecule has 0 spiro atoms. The number of amides is 1. The molecular weight excluding hydrogens is 410 g/mol. The van der Waals surface area contributed by atoms with Crippen molar-refractivity contribution in [2.75, 3.05) is 26.7 Å². The molecule has 2 N–H and O–H groups in total. The number of nitrogens with one attached hydrogen (secondary N) is 2. The Morgan fingerprint density at radius 2 is 1.87 bits per heavy atom. The predicted octanol–water partition coefficient (Wildman–Crippen LogP) is 2.37. The zero-order valence-electron chi connectivity index (χ0n) is 13.9. The van der Waals surface area contributed by atoms with Crippen LogP contribution in [0.2, 0.25) is 0 Å². The molecule has 0 saturated carbocycles. The molecule has 130 valence electrons. The van der Waals surface area contributed by atoms with Crippen LogP contribution in [0.4, 0.5) is 4.39 Å². The van der Waals surface area contributed by atoms with E-state index in [2.05, 4.69) is 15.6 Å². The summed E-state index contributed by atoms with van der Waals surface area (Å²) in [6.07, 6.45) is 0.903. The lowest BCUT2D eigenvalue weighted by molar-refractivity contribution is -0.119. The summed E-state index contributed by atoms with van der Waals surface area (Å²) in [5.41, 5.74) is 0.977. The molecule has 7 heteroatoms. The highest BCUT2D eigenvalue weighted by atomic mass is 127. The molecule has 1 amide bonds. The van der Waals surface area contributed by atoms with Gasteiger partial charge < -0.3 is 15.5 Å². The fourth-order valence-electron chi connectivity index (χ4n) is 1.88. The normalized spacial score (nSPS) is 10.7. The Bertz CT molecular complexity index is 493. The van der Waals surface area contributed by atoms with Crippen LogP contribution >= 0.6 is 24.0 Å². The van der Waals surface area contributed by atoms with Gasteiger partial charge in [0.2, 0.25) is 5.91 Å². The van der Waals surface area contributed by atoms with Crippen LogP contribution in [0.1, 0.15) is 25.8 Å². The lowest BCUT2D eigenvalue weighted by Gasteiger charge is -2.22. The average molecular weight is 436 g/mol. The molecule has 0 aliphatic heterocycles. The van der Waals surface area contributed by atoms with E-state index in [4.69, 9.17) is 0 Å². The van der Waals surface area contributed by atoms with E-state index in [0.29, 0.717) is 25.6 Å². The maximum absolute atomic E-state index is 12.9. The number of carbonyl (C=O) groups excluding carboxylic acids is 1. The summed E-state index contributed by atoms with van der Waals surface area (Å²) in [5.74, 6) is 0.311. The molecule has 1 aromatic carbocycles. The summed E-state index contributed by atoms with van der Waals surface area (Å²) in [7, 11) is 1.88. The van der Waals surface area contributed by atoms with Gasteiger partial charge >= 0.3 is 0 Å². The quantitative estimate of drug-likeness (QED) is 0.392. The number of aliphatic imine (C=N–C) groups is 1. The van der Waals surface area contributed by atoms with Gasteiger partial charge in [-0.05, 0) is 31.0 Å². The van der Waals surface area contributed by atoms with Gasteiger partial charge in [0.25, 0.3) is 0 Å². The fourth-order valence-corrected chi connectivity index (χ4v) is 1.88. The number of guanidine groups is 1. The van der Waals surface area contributed by atoms with Crippen LogP contribution in [0.5, 0.6) is 0 Å². The Morgan fingerprint density at radius 1 is 1.22 bits per heavy atom. The summed E-state index contributed by atoms with van der Waals surface area (Å²) in [5, 5.41) is 5.94. The first-order valence-electron chi connectivity index (χ1n) is 7.57. The van der Waals surface area contributed by atoms with Crippen molar-refractivity contribution in [2.45, 2.75) is 26.8 Å². The monoisotopic (exact) mass is 436 g/mol. The van der Waals surface area contributed by atoms with Gasteiger partial charge in [-0.25, -0.2) is 9.38 Å². The molecule has 1 rings (SSSR count). The van der Waals surface area contributed by atoms with E-state index in [-0.39, 0.29) is 42.2 Å². The third-order valence-electron chi connectivity index (χ3n) is 2.97. The van der Waals surface area contributed by atoms with Crippen LogP contribution in [0.15, 0.2) is 29.3 Å². The Hall–Kier alpha value is -1.38. The van der Waals surface area contributed by atoms with Crippen molar-refractivity contribution in [3.8, 4) is 0 Å². The lowest BCUT2D eigenvalue weighted by Crippen LogP contribution is -2.39. The van der Waals surface area contributed by atoms with Crippen LogP contribution < -0.4 is 10.6 Å². The first-order valence-corrected chi connectivity index (χ1v) is 7.57. The molecule has 5 nitrogen and oxygen atoms in total. The van der Waals surface area contributed by atoms with E-state index >= 15 is 0 Å². The highest BCUT2D eigenvalue weighted by Crippen LogP contribution is 2.05. The van der Waals surface area contributed by atoms with E-state index in [0.717, 1.165) is 12.0 Å². The van der Waals surface area contributed by atoms with Crippen molar-refractivity contribution in [1.82, 2.24) is 15.5 Å². The lowest BCUT2D eigenvalue weighted by atomic mass is 10.2. The molecule has 0 heterocycles. The summed E-state index contributed by atoms with van der Waals surface area (Å²) in [6, 6.07) is 6.35. The molecule has 1 aromatic rings. The summed E-state index contributed by atoms with van der Waals surface area (Å²) in [6.45, 7) is 6.03. The van der Waals surface area contributed by atoms with Crippen LogP contribution in [0, 0.1) is 5.82 Å². The third kappa shape index (κ3) is 8.73. The molecule has 0 unspecified atom stereocenters. The van der Waals surface area contributed by atoms with Crippen molar-refractivity contribution in [2.24, 2.45) is 4.99 Å². The van der Waals surface area contributed by atoms with E-state index in [1.54, 1.807) is 12.1 Å². The molecule has 0 aromatic heterocycles. The van der Waals surface area contributed by atoms with Crippen molar-refractivity contribution in [3.63, 3.8) is 0 Å². The zero-order valence-corrected chi connectivity index (χ0v) is 16.3. The molecule has 0 aliphatic carbocycles. The van der Waals surface area contributed by atoms with Crippen LogP contribution in [0.25, 0.3) is 0 Å². The maximum Gasteiger partial charge on any atom is 0.241 e. The molecule has 0 atom stereocenters. The Labute approximate surface area is 154 Å². The van der Waals surface area contributed by atoms with Gasteiger partial charge in [-0.1, -0.05) is 19.1 Å². The predicted molar refractivity (Wildman–Crippen MR) is 103 cm³/mol. The van der Waals surface area contributed by atoms with Gasteiger partial charge in [0.15, 0.2) is 5.96 Å². The minimum absolute atomic E-state index is 0. The van der Waals surface area contributed by atoms with Gasteiger partial charge in [0.1, 0.15) is 12.4 Å². The highest BCUT2D eigenvalue weighted by molar-refractivity contribution is 14.0. The summed E-state index contributed by atoms with van der Waals surface area (Å²) >= 11 is 0. The van der Waals surface area contributed by atoms with Gasteiger partial charge in [-0.15, -0.1) is 24.0 Å². The van der Waals surface area contributed by atoms with E-state index in [1.807, 2.05) is 25.8 Å². The number of halogens is 2. The average Bonchev–Trinajstić information content (AvgIpc) is 2.51. The smallest absolute Gasteiger partial charge is 0.241 e. The first kappa shape index (κ1) is 21.6. The van der Waals surface area contributed by atoms with Crippen molar-refractivity contribution in [3.05, 3.63) is 35.6 Å². The number of rotatable bonds is 7. The number of hydrogen-bond acceptors (Lipinski definition) is 2. The first-order chi connectivity index (χ1) is 10.6. The number of benzene rings is 1. The van der Waals surface area contributed by atoms with Gasteiger partial charge in [-0.3, -0.25) is 4.79 Å². The Morgan fingerprint density at radius 3 is 2.43 bits per heavy atom. The molecule has 0 radical (unpaired) electrons. The van der Waals surface area contributed by atoms with E-state index in [9.17, 15) is 9.18 Å². The highest BCUT2D eigenvalue weighted by Gasteiger charge is 2.08. The van der Waals surface area contributed by atoms with Crippen molar-refractivity contribution < 1.29 is 9.18 Å². The molecular formula is C16H26FIN4O. The molecule has 0 saturated heterocycles. The topological polar surface area (TPSA) is 56.7 Å². The Kier molecular flexibility index (Phi) is 11.4. The summed E-state index contributed by atoms with van der Waals surface area (Å²) < 4.78 is 12.9. The van der Waals surface area contributed by atoms with Crippen LogP contribution in [0.3, 0.4) is 0 Å². The Balaban J connectivity index is 0.00000484. The van der Waals surface area contributed by atoms with Crippen LogP contribution in [-0.2, 0) is 11.3 Å². The number of carbonyl (C=O) groups is 1. The van der Waals surface area contributed by atoms with Crippen molar-refractivity contribution >= 4 is 35.8 Å². The third-order valence-corrected chi connectivity index (χ3v) is 2.97. The molecule has 0 fully saturated rings. The standard InChI is InChI=1S/C16H25FN4O.HI/c1-4-10-19-15(22)11-20-16(18-5-2)21(3)12-13-6-8-14(17)9-7-13;/h6-9H,4-5,10-12H2,1-3H3,(H,18,20)(H,19,22);1H. The van der Waals surface area contributed by atoms with Crippen molar-refractivity contribution in [1.29, 1.82) is 0 Å². The second-order valence-corrected chi connectivity index (χ2v) is 5.00. The summed E-state index contributed by atoms with van der Waals surface area (Å²) in [4.78, 5) is 17.9. The minimum Gasteiger partial charge on any atom is -0.357 e. The molecule has 23 heavy (non-hydrogen) atoms.